The molecule has 2 atom stereocenters. The lowest BCUT2D eigenvalue weighted by molar-refractivity contribution is 0.0867. The van der Waals surface area contributed by atoms with Crippen LogP contribution in [0, 0.1) is 0 Å². The smallest absolute Gasteiger partial charge is 0.254 e. The average Bonchev–Trinajstić information content (AvgIpc) is 2.67. The Morgan fingerprint density at radius 1 is 1.24 bits per heavy atom. The summed E-state index contributed by atoms with van der Waals surface area (Å²) >= 11 is 1.50. The first-order valence-corrected chi connectivity index (χ1v) is 9.98. The molecule has 1 aromatic carbocycles. The maximum absolute atomic E-state index is 13.0. The fourth-order valence-corrected chi connectivity index (χ4v) is 4.08. The lowest BCUT2D eigenvalue weighted by atomic mass is 9.91. The van der Waals surface area contributed by atoms with E-state index in [2.05, 4.69) is 34.4 Å². The predicted octanol–water partition coefficient (Wildman–Crippen LogP) is 3.76. The van der Waals surface area contributed by atoms with Gasteiger partial charge in [0.2, 0.25) is 0 Å². The Morgan fingerprint density at radius 2 is 2.04 bits per heavy atom. The number of carbonyl (C=O) groups excluding carboxylic acids is 1. The van der Waals surface area contributed by atoms with Gasteiger partial charge in [-0.1, -0.05) is 36.8 Å². The number of thioether (sulfide) groups is 1. The van der Waals surface area contributed by atoms with Crippen LogP contribution in [0.5, 0.6) is 0 Å². The second-order valence-electron chi connectivity index (χ2n) is 6.47. The van der Waals surface area contributed by atoms with Crippen LogP contribution in [0.15, 0.2) is 53.7 Å². The molecule has 2 unspecified atom stereocenters. The van der Waals surface area contributed by atoms with Crippen LogP contribution in [0.2, 0.25) is 0 Å². The Bertz CT molecular complexity index is 707. The van der Waals surface area contributed by atoms with E-state index in [1.807, 2.05) is 36.6 Å². The van der Waals surface area contributed by atoms with Gasteiger partial charge in [0.25, 0.3) is 5.91 Å². The summed E-state index contributed by atoms with van der Waals surface area (Å²) in [5, 5.41) is 4.06. The first kappa shape index (κ1) is 18.0. The van der Waals surface area contributed by atoms with E-state index in [4.69, 9.17) is 0 Å². The van der Waals surface area contributed by atoms with E-state index in [0.29, 0.717) is 11.6 Å². The number of carbonyl (C=O) groups is 1. The van der Waals surface area contributed by atoms with Crippen LogP contribution in [-0.4, -0.2) is 41.7 Å². The van der Waals surface area contributed by atoms with Gasteiger partial charge in [0.15, 0.2) is 0 Å². The van der Waals surface area contributed by atoms with Gasteiger partial charge in [-0.3, -0.25) is 4.79 Å². The topological polar surface area (TPSA) is 45.2 Å². The van der Waals surface area contributed by atoms with Gasteiger partial charge in [-0.2, -0.15) is 0 Å². The third-order valence-electron chi connectivity index (χ3n) is 4.87. The van der Waals surface area contributed by atoms with Crippen molar-refractivity contribution in [3.63, 3.8) is 0 Å². The van der Waals surface area contributed by atoms with Crippen molar-refractivity contribution >= 4 is 17.7 Å². The van der Waals surface area contributed by atoms with Gasteiger partial charge in [0.1, 0.15) is 5.03 Å². The standard InChI is InChI=1S/C20H25N3OS/c1-23-14-7-6-12-17(23)18(15-9-4-3-5-10-15)22-19(24)16-11-8-13-21-20(16)25-2/h3-5,8-11,13,17-18H,6-7,12,14H2,1-2H3,(H,22,24). The molecular formula is C20H25N3OS. The Kier molecular flexibility index (Phi) is 6.10. The maximum Gasteiger partial charge on any atom is 0.254 e. The van der Waals surface area contributed by atoms with Gasteiger partial charge < -0.3 is 10.2 Å². The molecule has 2 aromatic rings. The molecule has 1 aliphatic rings. The molecule has 5 heteroatoms. The molecule has 2 heterocycles. The van der Waals surface area contributed by atoms with Gasteiger partial charge in [0.05, 0.1) is 11.6 Å². The van der Waals surface area contributed by atoms with Gasteiger partial charge >= 0.3 is 0 Å². The molecule has 1 fully saturated rings. The highest BCUT2D eigenvalue weighted by molar-refractivity contribution is 7.98. The summed E-state index contributed by atoms with van der Waals surface area (Å²) < 4.78 is 0. The highest BCUT2D eigenvalue weighted by Gasteiger charge is 2.30. The zero-order chi connectivity index (χ0) is 17.6. The molecule has 1 N–H and O–H groups in total. The van der Waals surface area contributed by atoms with Crippen molar-refractivity contribution in [3.8, 4) is 0 Å². The molecule has 1 amide bonds. The Morgan fingerprint density at radius 3 is 2.76 bits per heavy atom. The number of aromatic nitrogens is 1. The third kappa shape index (κ3) is 4.22. The number of piperidine rings is 1. The minimum atomic E-state index is -0.0507. The molecule has 0 bridgehead atoms. The van der Waals surface area contributed by atoms with Crippen LogP contribution in [-0.2, 0) is 0 Å². The second-order valence-corrected chi connectivity index (χ2v) is 7.26. The molecule has 0 saturated carbocycles. The Hall–Kier alpha value is -1.85. The quantitative estimate of drug-likeness (QED) is 0.830. The van der Waals surface area contributed by atoms with Gasteiger partial charge in [-0.15, -0.1) is 11.8 Å². The number of amides is 1. The fourth-order valence-electron chi connectivity index (χ4n) is 3.53. The average molecular weight is 356 g/mol. The second kappa shape index (κ2) is 8.50. The molecule has 25 heavy (non-hydrogen) atoms. The first-order chi connectivity index (χ1) is 12.2. The summed E-state index contributed by atoms with van der Waals surface area (Å²) in [4.78, 5) is 19.7. The molecule has 0 spiro atoms. The van der Waals surface area contributed by atoms with Crippen molar-refractivity contribution in [1.29, 1.82) is 0 Å². The number of rotatable bonds is 5. The van der Waals surface area contributed by atoms with Gasteiger partial charge in [-0.05, 0) is 50.4 Å². The van der Waals surface area contributed by atoms with E-state index in [1.165, 1.54) is 24.6 Å². The molecule has 3 rings (SSSR count). The summed E-state index contributed by atoms with van der Waals surface area (Å²) in [7, 11) is 2.16. The van der Waals surface area contributed by atoms with Crippen LogP contribution in [0.1, 0.15) is 41.2 Å². The van der Waals surface area contributed by atoms with Crippen LogP contribution in [0.4, 0.5) is 0 Å². The Balaban J connectivity index is 1.88. The number of benzene rings is 1. The number of hydrogen-bond acceptors (Lipinski definition) is 4. The molecule has 1 aromatic heterocycles. The largest absolute Gasteiger partial charge is 0.344 e. The summed E-state index contributed by atoms with van der Waals surface area (Å²) in [5.41, 5.74) is 1.80. The predicted molar refractivity (Wildman–Crippen MR) is 103 cm³/mol. The monoisotopic (exact) mass is 355 g/mol. The highest BCUT2D eigenvalue weighted by Crippen LogP contribution is 2.28. The number of pyridine rings is 1. The van der Waals surface area contributed by atoms with Crippen molar-refractivity contribution < 1.29 is 4.79 Å². The summed E-state index contributed by atoms with van der Waals surface area (Å²) in [5.74, 6) is -0.0507. The van der Waals surface area contributed by atoms with Crippen molar-refractivity contribution in [2.24, 2.45) is 0 Å². The summed E-state index contributed by atoms with van der Waals surface area (Å²) in [6.07, 6.45) is 7.20. The highest BCUT2D eigenvalue weighted by atomic mass is 32.2. The van der Waals surface area contributed by atoms with Crippen LogP contribution in [0.3, 0.4) is 0 Å². The molecule has 1 aliphatic heterocycles. The van der Waals surface area contributed by atoms with Crippen LogP contribution in [0.25, 0.3) is 0 Å². The van der Waals surface area contributed by atoms with E-state index in [1.54, 1.807) is 6.20 Å². The van der Waals surface area contributed by atoms with E-state index in [-0.39, 0.29) is 11.9 Å². The van der Waals surface area contributed by atoms with E-state index >= 15 is 0 Å². The normalized spacial score (nSPS) is 19.4. The third-order valence-corrected chi connectivity index (χ3v) is 5.58. The fraction of sp³-hybridized carbons (Fsp3) is 0.400. The summed E-state index contributed by atoms with van der Waals surface area (Å²) in [6, 6.07) is 14.3. The lowest BCUT2D eigenvalue weighted by Crippen LogP contribution is -2.47. The molecule has 4 nitrogen and oxygen atoms in total. The van der Waals surface area contributed by atoms with E-state index in [9.17, 15) is 4.79 Å². The number of hydrogen-bond donors (Lipinski definition) is 1. The molecule has 132 valence electrons. The zero-order valence-corrected chi connectivity index (χ0v) is 15.6. The van der Waals surface area contributed by atoms with Crippen LogP contribution < -0.4 is 5.32 Å². The first-order valence-electron chi connectivity index (χ1n) is 8.75. The van der Waals surface area contributed by atoms with Crippen molar-refractivity contribution in [1.82, 2.24) is 15.2 Å². The van der Waals surface area contributed by atoms with E-state index in [0.717, 1.165) is 23.6 Å². The maximum atomic E-state index is 13.0. The minimum Gasteiger partial charge on any atom is -0.344 e. The summed E-state index contributed by atoms with van der Waals surface area (Å²) in [6.45, 7) is 1.08. The van der Waals surface area contributed by atoms with E-state index < -0.39 is 0 Å². The number of likely N-dealkylation sites (tertiary alicyclic amines) is 1. The van der Waals surface area contributed by atoms with Crippen molar-refractivity contribution in [2.75, 3.05) is 19.8 Å². The molecule has 0 aliphatic carbocycles. The lowest BCUT2D eigenvalue weighted by Gasteiger charge is -2.38. The molecule has 1 saturated heterocycles. The minimum absolute atomic E-state index is 0.0195. The van der Waals surface area contributed by atoms with Gasteiger partial charge in [0, 0.05) is 12.2 Å². The number of nitrogens with zero attached hydrogens (tertiary/aromatic N) is 2. The SMILES string of the molecule is CSc1ncccc1C(=O)NC(c1ccccc1)C1CCCCN1C. The molecule has 0 radical (unpaired) electrons. The van der Waals surface area contributed by atoms with Crippen molar-refractivity contribution in [3.05, 3.63) is 59.8 Å². The van der Waals surface area contributed by atoms with Crippen molar-refractivity contribution in [2.45, 2.75) is 36.4 Å². The molecular weight excluding hydrogens is 330 g/mol. The number of likely N-dealkylation sites (N-methyl/N-ethyl adjacent to an activating group) is 1. The zero-order valence-electron chi connectivity index (χ0n) is 14.8. The number of nitrogens with one attached hydrogen (secondary N) is 1. The van der Waals surface area contributed by atoms with Gasteiger partial charge in [-0.25, -0.2) is 4.98 Å². The Labute approximate surface area is 154 Å². The van der Waals surface area contributed by atoms with Crippen LogP contribution >= 0.6 is 11.8 Å².